The molecule has 28 heavy (non-hydrogen) atoms. The van der Waals surface area contributed by atoms with Crippen LogP contribution in [0.1, 0.15) is 40.0 Å². The van der Waals surface area contributed by atoms with Crippen molar-refractivity contribution in [1.82, 2.24) is 15.3 Å². The lowest BCUT2D eigenvalue weighted by Crippen LogP contribution is -2.25. The summed E-state index contributed by atoms with van der Waals surface area (Å²) in [4.78, 5) is 18.5. The van der Waals surface area contributed by atoms with Crippen molar-refractivity contribution in [3.63, 3.8) is 0 Å². The van der Waals surface area contributed by atoms with Gasteiger partial charge in [0.2, 0.25) is 5.88 Å². The van der Waals surface area contributed by atoms with Gasteiger partial charge >= 0.3 is 0 Å². The minimum Gasteiger partial charge on any atom is -0.477 e. The lowest BCUT2D eigenvalue weighted by atomic mass is 9.86. The van der Waals surface area contributed by atoms with Gasteiger partial charge in [-0.15, -0.1) is 0 Å². The van der Waals surface area contributed by atoms with Gasteiger partial charge in [0, 0.05) is 19.2 Å². The Morgan fingerprint density at radius 2 is 2.04 bits per heavy atom. The fourth-order valence-corrected chi connectivity index (χ4v) is 3.08. The number of ether oxygens (including phenoxy) is 3. The lowest BCUT2D eigenvalue weighted by Gasteiger charge is -2.24. The van der Waals surface area contributed by atoms with Crippen molar-refractivity contribution in [1.29, 1.82) is 0 Å². The van der Waals surface area contributed by atoms with Gasteiger partial charge in [-0.25, -0.2) is 9.97 Å². The number of likely N-dealkylation sites (N-methyl/N-ethyl adjacent to an activating group) is 1. The summed E-state index contributed by atoms with van der Waals surface area (Å²) in [6.07, 6.45) is 4.67. The van der Waals surface area contributed by atoms with Gasteiger partial charge < -0.3 is 24.3 Å². The summed E-state index contributed by atoms with van der Waals surface area (Å²) in [5.74, 6) is 1.42. The molecule has 2 heterocycles. The number of hydrogen-bond donors (Lipinski definition) is 1. The van der Waals surface area contributed by atoms with E-state index in [9.17, 15) is 0 Å². The largest absolute Gasteiger partial charge is 0.477 e. The number of nitrogens with one attached hydrogen (secondary N) is 1. The van der Waals surface area contributed by atoms with E-state index in [0.717, 1.165) is 35.8 Å². The summed E-state index contributed by atoms with van der Waals surface area (Å²) in [6, 6.07) is 4.30. The second kappa shape index (κ2) is 14.3. The Balaban J connectivity index is 0.000000331. The fraction of sp³-hybridized carbons (Fsp3) is 0.650. The number of carbonyl (C=O) groups excluding carboxylic acids is 1. The van der Waals surface area contributed by atoms with E-state index in [0.29, 0.717) is 23.7 Å². The van der Waals surface area contributed by atoms with E-state index in [1.54, 1.807) is 7.11 Å². The quantitative estimate of drug-likeness (QED) is 0.663. The Bertz CT molecular complexity index is 677. The number of aromatic nitrogens is 2. The van der Waals surface area contributed by atoms with Crippen LogP contribution in [-0.4, -0.2) is 56.3 Å². The topological polar surface area (TPSA) is 82.6 Å². The van der Waals surface area contributed by atoms with Crippen LogP contribution < -0.4 is 14.8 Å². The van der Waals surface area contributed by atoms with Crippen LogP contribution in [-0.2, 0) is 9.53 Å². The molecule has 0 aromatic carbocycles. The number of rotatable bonds is 8. The summed E-state index contributed by atoms with van der Waals surface area (Å²) in [7, 11) is 3.62. The molecule has 1 aliphatic carbocycles. The summed E-state index contributed by atoms with van der Waals surface area (Å²) < 4.78 is 15.9. The molecule has 158 valence electrons. The predicted molar refractivity (Wildman–Crippen MR) is 114 cm³/mol. The minimum atomic E-state index is 0.477. The number of thiazole rings is 1. The van der Waals surface area contributed by atoms with Crippen molar-refractivity contribution >= 4 is 28.0 Å². The second-order valence-electron chi connectivity index (χ2n) is 6.38. The zero-order valence-electron chi connectivity index (χ0n) is 17.6. The van der Waals surface area contributed by atoms with Crippen molar-refractivity contribution in [3.05, 3.63) is 12.1 Å². The van der Waals surface area contributed by atoms with Crippen LogP contribution in [0.3, 0.4) is 0 Å². The summed E-state index contributed by atoms with van der Waals surface area (Å²) in [5, 5.41) is 3.72. The number of methoxy groups -OCH3 is 1. The van der Waals surface area contributed by atoms with Crippen LogP contribution in [0.5, 0.6) is 11.1 Å². The van der Waals surface area contributed by atoms with Gasteiger partial charge in [0.05, 0.1) is 19.8 Å². The molecule has 1 atom stereocenters. The van der Waals surface area contributed by atoms with Crippen molar-refractivity contribution in [2.45, 2.75) is 46.1 Å². The number of fused-ring (bicyclic) bond motifs is 1. The van der Waals surface area contributed by atoms with Crippen LogP contribution in [0.4, 0.5) is 0 Å². The van der Waals surface area contributed by atoms with Gasteiger partial charge in [0.1, 0.15) is 11.8 Å². The van der Waals surface area contributed by atoms with Crippen LogP contribution >= 0.6 is 11.3 Å². The maximum Gasteiger partial charge on any atom is 0.275 e. The zero-order chi connectivity index (χ0) is 20.8. The average molecular weight is 412 g/mol. The number of hydrogen-bond acceptors (Lipinski definition) is 8. The third-order valence-electron chi connectivity index (χ3n) is 4.08. The smallest absolute Gasteiger partial charge is 0.275 e. The van der Waals surface area contributed by atoms with Crippen molar-refractivity contribution in [2.75, 3.05) is 34.0 Å². The Labute approximate surface area is 171 Å². The number of carbonyl (C=O) groups is 1. The lowest BCUT2D eigenvalue weighted by molar-refractivity contribution is -0.106. The van der Waals surface area contributed by atoms with E-state index < -0.39 is 0 Å². The van der Waals surface area contributed by atoms with Crippen molar-refractivity contribution in [2.24, 2.45) is 5.92 Å². The number of aldehydes is 1. The van der Waals surface area contributed by atoms with Crippen LogP contribution in [0, 0.1) is 5.92 Å². The SMILES string of the molecule is CC=O.CCOc1nc2ccc(OCC3CCC3)nc2s1.CNC(C)COC. The highest BCUT2D eigenvalue weighted by Gasteiger charge is 2.18. The third kappa shape index (κ3) is 8.95. The molecule has 8 heteroatoms. The first-order chi connectivity index (χ1) is 13.6. The standard InChI is InChI=1S/C13H16N2O2S.C5H13NO.C2H4O/c1-2-16-13-14-10-6-7-11(15-12(10)18-13)17-8-9-4-3-5-9;1-5(6-2)4-7-3;1-2-3/h6-7,9H,2-5,8H2,1H3;5-6H,4H2,1-3H3;2H,1H3. The van der Waals surface area contributed by atoms with Gasteiger partial charge in [0.25, 0.3) is 5.19 Å². The Morgan fingerprint density at radius 3 is 2.54 bits per heavy atom. The highest BCUT2D eigenvalue weighted by Crippen LogP contribution is 2.29. The van der Waals surface area contributed by atoms with Crippen molar-refractivity contribution < 1.29 is 19.0 Å². The van der Waals surface area contributed by atoms with Crippen molar-refractivity contribution in [3.8, 4) is 11.1 Å². The maximum absolute atomic E-state index is 8.81. The van der Waals surface area contributed by atoms with E-state index >= 15 is 0 Å². The molecular weight excluding hydrogens is 378 g/mol. The van der Waals surface area contributed by atoms with Gasteiger partial charge in [-0.2, -0.15) is 0 Å². The monoisotopic (exact) mass is 411 g/mol. The molecule has 1 fully saturated rings. The van der Waals surface area contributed by atoms with E-state index in [2.05, 4.69) is 22.2 Å². The molecule has 1 aliphatic rings. The van der Waals surface area contributed by atoms with Gasteiger partial charge in [-0.1, -0.05) is 17.8 Å². The Kier molecular flexibility index (Phi) is 12.4. The van der Waals surface area contributed by atoms with Gasteiger partial charge in [0.15, 0.2) is 4.83 Å². The third-order valence-corrected chi connectivity index (χ3v) is 4.96. The zero-order valence-corrected chi connectivity index (χ0v) is 18.4. The maximum atomic E-state index is 8.81. The molecule has 2 aromatic heterocycles. The van der Waals surface area contributed by atoms with E-state index in [1.165, 1.54) is 37.5 Å². The van der Waals surface area contributed by atoms with Crippen LogP contribution in [0.25, 0.3) is 10.3 Å². The van der Waals surface area contributed by atoms with Crippen LogP contribution in [0.2, 0.25) is 0 Å². The fourth-order valence-electron chi connectivity index (χ4n) is 2.24. The molecule has 1 unspecified atom stereocenters. The molecule has 0 saturated heterocycles. The number of pyridine rings is 1. The molecule has 0 spiro atoms. The first-order valence-electron chi connectivity index (χ1n) is 9.67. The summed E-state index contributed by atoms with van der Waals surface area (Å²) >= 11 is 1.47. The molecule has 3 rings (SSSR count). The highest BCUT2D eigenvalue weighted by atomic mass is 32.1. The normalized spacial score (nSPS) is 14.0. The first kappa shape index (κ1) is 24.3. The molecule has 2 aromatic rings. The average Bonchev–Trinajstić information content (AvgIpc) is 3.04. The predicted octanol–water partition coefficient (Wildman–Crippen LogP) is 3.71. The van der Waals surface area contributed by atoms with Gasteiger partial charge in [-0.3, -0.25) is 0 Å². The van der Waals surface area contributed by atoms with E-state index in [1.807, 2.05) is 26.1 Å². The Morgan fingerprint density at radius 1 is 1.32 bits per heavy atom. The first-order valence-corrected chi connectivity index (χ1v) is 10.5. The summed E-state index contributed by atoms with van der Waals surface area (Å²) in [5.41, 5.74) is 0.874. The summed E-state index contributed by atoms with van der Waals surface area (Å²) in [6.45, 7) is 7.67. The van der Waals surface area contributed by atoms with E-state index in [-0.39, 0.29) is 0 Å². The Hall–Kier alpha value is -1.77. The molecule has 1 saturated carbocycles. The molecule has 0 aliphatic heterocycles. The second-order valence-corrected chi connectivity index (χ2v) is 7.32. The van der Waals surface area contributed by atoms with Crippen LogP contribution in [0.15, 0.2) is 12.1 Å². The molecule has 0 amide bonds. The highest BCUT2D eigenvalue weighted by molar-refractivity contribution is 7.19. The molecule has 7 nitrogen and oxygen atoms in total. The number of nitrogens with zero attached hydrogens (tertiary/aromatic N) is 2. The minimum absolute atomic E-state index is 0.477. The molecule has 1 N–H and O–H groups in total. The van der Waals surface area contributed by atoms with E-state index in [4.69, 9.17) is 19.0 Å². The van der Waals surface area contributed by atoms with Gasteiger partial charge in [-0.05, 0) is 52.6 Å². The molecular formula is C20H33N3O4S. The molecule has 0 radical (unpaired) electrons. The molecule has 0 bridgehead atoms.